The van der Waals surface area contributed by atoms with Gasteiger partial charge in [0.1, 0.15) is 0 Å². The van der Waals surface area contributed by atoms with E-state index in [1.165, 1.54) is 0 Å². The van der Waals surface area contributed by atoms with E-state index in [1.807, 2.05) is 44.3 Å². The number of aliphatic hydroxyl groups is 1. The molecule has 0 radical (unpaired) electrons. The molecule has 0 aliphatic carbocycles. The molecule has 2 atom stereocenters. The largest absolute Gasteiger partial charge is 0.412 e. The molecule has 0 aromatic heterocycles. The van der Waals surface area contributed by atoms with Crippen LogP contribution in [0.15, 0.2) is 30.3 Å². The molecule has 0 aliphatic heterocycles. The van der Waals surface area contributed by atoms with Gasteiger partial charge in [-0.2, -0.15) is 0 Å². The van der Waals surface area contributed by atoms with Crippen molar-refractivity contribution in [2.24, 2.45) is 0 Å². The summed E-state index contributed by atoms with van der Waals surface area (Å²) in [5.41, 5.74) is 0.958. The van der Waals surface area contributed by atoms with Gasteiger partial charge in [0.15, 0.2) is 0 Å². The molecule has 3 heteroatoms. The monoisotopic (exact) mass is 183 g/mol. The van der Waals surface area contributed by atoms with Crippen molar-refractivity contribution in [3.63, 3.8) is 0 Å². The summed E-state index contributed by atoms with van der Waals surface area (Å²) in [5.74, 6) is 0. The summed E-state index contributed by atoms with van der Waals surface area (Å²) >= 11 is 0. The van der Waals surface area contributed by atoms with Gasteiger partial charge in [0.25, 0.3) is 0 Å². The summed E-state index contributed by atoms with van der Waals surface area (Å²) in [7, 11) is 1.84. The van der Waals surface area contributed by atoms with Crippen LogP contribution < -0.4 is 5.32 Å². The van der Waals surface area contributed by atoms with Gasteiger partial charge in [0, 0.05) is 6.04 Å². The third-order valence-electron chi connectivity index (χ3n) is 2.07. The fourth-order valence-electron chi connectivity index (χ4n) is 1.10. The fourth-order valence-corrected chi connectivity index (χ4v) is 1.10. The Bertz CT molecular complexity index is 226. The number of likely N-dealkylation sites (N-methyl/N-ethyl adjacent to an activating group) is 1. The van der Waals surface area contributed by atoms with Gasteiger partial charge in [0.05, 0.1) is 6.10 Å². The maximum Gasteiger partial charge on any atom is 0.0940 e. The molecule has 0 heterocycles. The highest BCUT2D eigenvalue weighted by atomic mass is 16.3. The molecule has 4 N–H and O–H groups in total. The Morgan fingerprint density at radius 3 is 2.23 bits per heavy atom. The number of hydrogen-bond donors (Lipinski definition) is 2. The maximum absolute atomic E-state index is 9.73. The minimum absolute atomic E-state index is 0. The first-order chi connectivity index (χ1) is 5.75. The molecule has 0 saturated carbocycles. The molecule has 13 heavy (non-hydrogen) atoms. The molecule has 0 spiro atoms. The van der Waals surface area contributed by atoms with Gasteiger partial charge in [-0.1, -0.05) is 30.3 Å². The first-order valence-electron chi connectivity index (χ1n) is 4.16. The Morgan fingerprint density at radius 1 is 1.23 bits per heavy atom. The Labute approximate surface area is 78.7 Å². The van der Waals surface area contributed by atoms with Gasteiger partial charge in [-0.15, -0.1) is 0 Å². The van der Waals surface area contributed by atoms with Crippen LogP contribution in [0.2, 0.25) is 0 Å². The summed E-state index contributed by atoms with van der Waals surface area (Å²) in [4.78, 5) is 0. The minimum atomic E-state index is -0.420. The van der Waals surface area contributed by atoms with Crippen molar-refractivity contribution in [3.05, 3.63) is 35.9 Å². The Morgan fingerprint density at radius 2 is 1.77 bits per heavy atom. The Hall–Kier alpha value is -0.900. The van der Waals surface area contributed by atoms with E-state index in [9.17, 15) is 5.11 Å². The summed E-state index contributed by atoms with van der Waals surface area (Å²) in [6.07, 6.45) is -0.420. The molecule has 0 aliphatic rings. The lowest BCUT2D eigenvalue weighted by Gasteiger charge is -2.17. The predicted molar refractivity (Wildman–Crippen MR) is 53.5 cm³/mol. The number of hydrogen-bond acceptors (Lipinski definition) is 2. The highest BCUT2D eigenvalue weighted by Gasteiger charge is 2.12. The molecule has 0 amide bonds. The molecule has 0 bridgehead atoms. The van der Waals surface area contributed by atoms with Gasteiger partial charge in [-0.3, -0.25) is 0 Å². The molecule has 1 aromatic carbocycles. The maximum atomic E-state index is 9.73. The lowest BCUT2D eigenvalue weighted by atomic mass is 10.0. The number of benzene rings is 1. The molecule has 74 valence electrons. The summed E-state index contributed by atoms with van der Waals surface area (Å²) in [6.45, 7) is 1.96. The second-order valence-corrected chi connectivity index (χ2v) is 2.93. The zero-order chi connectivity index (χ0) is 8.97. The van der Waals surface area contributed by atoms with Crippen molar-refractivity contribution in [2.75, 3.05) is 7.05 Å². The van der Waals surface area contributed by atoms with Gasteiger partial charge < -0.3 is 15.9 Å². The van der Waals surface area contributed by atoms with Crippen LogP contribution in [0.5, 0.6) is 0 Å². The van der Waals surface area contributed by atoms with Crippen LogP contribution in [-0.4, -0.2) is 23.7 Å². The lowest BCUT2D eigenvalue weighted by Crippen LogP contribution is -2.28. The van der Waals surface area contributed by atoms with Crippen LogP contribution in [0.4, 0.5) is 0 Å². The molecule has 2 unspecified atom stereocenters. The van der Waals surface area contributed by atoms with Crippen molar-refractivity contribution < 1.29 is 10.6 Å². The molecule has 1 aromatic rings. The summed E-state index contributed by atoms with van der Waals surface area (Å²) in [6, 6.07) is 9.76. The van der Waals surface area contributed by atoms with Crippen LogP contribution in [0.3, 0.4) is 0 Å². The first kappa shape index (κ1) is 12.1. The molecule has 1 rings (SSSR count). The SMILES string of the molecule is CNC(C)C(O)c1ccccc1.O. The quantitative estimate of drug-likeness (QED) is 0.717. The lowest BCUT2D eigenvalue weighted by molar-refractivity contribution is 0.140. The first-order valence-corrected chi connectivity index (χ1v) is 4.16. The van der Waals surface area contributed by atoms with Gasteiger partial charge in [-0.25, -0.2) is 0 Å². The second kappa shape index (κ2) is 5.70. The van der Waals surface area contributed by atoms with Gasteiger partial charge in [0.2, 0.25) is 0 Å². The zero-order valence-electron chi connectivity index (χ0n) is 7.99. The van der Waals surface area contributed by atoms with Gasteiger partial charge >= 0.3 is 0 Å². The highest BCUT2D eigenvalue weighted by Crippen LogP contribution is 2.15. The van der Waals surface area contributed by atoms with E-state index in [-0.39, 0.29) is 11.5 Å². The number of nitrogens with one attached hydrogen (secondary N) is 1. The third kappa shape index (κ3) is 3.14. The van der Waals surface area contributed by atoms with Crippen LogP contribution in [0, 0.1) is 0 Å². The van der Waals surface area contributed by atoms with E-state index >= 15 is 0 Å². The van der Waals surface area contributed by atoms with E-state index in [2.05, 4.69) is 5.32 Å². The van der Waals surface area contributed by atoms with E-state index in [0.29, 0.717) is 0 Å². The average molecular weight is 183 g/mol. The number of rotatable bonds is 3. The normalized spacial score (nSPS) is 14.4. The minimum Gasteiger partial charge on any atom is -0.412 e. The van der Waals surface area contributed by atoms with E-state index in [0.717, 1.165) is 5.56 Å². The molecule has 0 fully saturated rings. The van der Waals surface area contributed by atoms with Crippen molar-refractivity contribution >= 4 is 0 Å². The molecular weight excluding hydrogens is 166 g/mol. The van der Waals surface area contributed by atoms with Crippen molar-refractivity contribution in [1.82, 2.24) is 5.32 Å². The van der Waals surface area contributed by atoms with Crippen LogP contribution >= 0.6 is 0 Å². The van der Waals surface area contributed by atoms with E-state index in [4.69, 9.17) is 0 Å². The standard InChI is InChI=1S/C10H15NO.H2O/c1-8(11-2)10(12)9-6-4-3-5-7-9;/h3-8,10-12H,1-2H3;1H2. The molecule has 0 saturated heterocycles. The van der Waals surface area contributed by atoms with Crippen LogP contribution in [0.25, 0.3) is 0 Å². The molecule has 3 nitrogen and oxygen atoms in total. The molecular formula is C10H17NO2. The highest BCUT2D eigenvalue weighted by molar-refractivity contribution is 5.18. The predicted octanol–water partition coefficient (Wildman–Crippen LogP) is 0.503. The third-order valence-corrected chi connectivity index (χ3v) is 2.07. The Balaban J connectivity index is 0.00000144. The van der Waals surface area contributed by atoms with E-state index < -0.39 is 6.10 Å². The summed E-state index contributed by atoms with van der Waals surface area (Å²) in [5, 5.41) is 12.7. The average Bonchev–Trinajstić information content (AvgIpc) is 2.17. The Kier molecular flexibility index (Phi) is 5.30. The zero-order valence-corrected chi connectivity index (χ0v) is 7.99. The van der Waals surface area contributed by atoms with Gasteiger partial charge in [-0.05, 0) is 19.5 Å². The van der Waals surface area contributed by atoms with Crippen LogP contribution in [0.1, 0.15) is 18.6 Å². The van der Waals surface area contributed by atoms with Crippen molar-refractivity contribution in [3.8, 4) is 0 Å². The van der Waals surface area contributed by atoms with Crippen molar-refractivity contribution in [1.29, 1.82) is 0 Å². The van der Waals surface area contributed by atoms with Crippen LogP contribution in [-0.2, 0) is 0 Å². The second-order valence-electron chi connectivity index (χ2n) is 2.93. The smallest absolute Gasteiger partial charge is 0.0940 e. The van der Waals surface area contributed by atoms with Crippen molar-refractivity contribution in [2.45, 2.75) is 19.1 Å². The van der Waals surface area contributed by atoms with E-state index in [1.54, 1.807) is 0 Å². The number of aliphatic hydroxyl groups excluding tert-OH is 1. The summed E-state index contributed by atoms with van der Waals surface area (Å²) < 4.78 is 0. The topological polar surface area (TPSA) is 63.8 Å². The fraction of sp³-hybridized carbons (Fsp3) is 0.400.